The molecule has 3 rings (SSSR count). The Morgan fingerprint density at radius 1 is 1.31 bits per heavy atom. The monoisotopic (exact) mass is 373 g/mol. The van der Waals surface area contributed by atoms with Gasteiger partial charge in [-0.1, -0.05) is 11.8 Å². The second-order valence-electron chi connectivity index (χ2n) is 5.89. The van der Waals surface area contributed by atoms with Crippen LogP contribution in [-0.4, -0.2) is 36.8 Å². The molecule has 0 saturated heterocycles. The Kier molecular flexibility index (Phi) is 4.99. The lowest BCUT2D eigenvalue weighted by Crippen LogP contribution is -2.20. The van der Waals surface area contributed by atoms with Gasteiger partial charge in [0, 0.05) is 24.0 Å². The summed E-state index contributed by atoms with van der Waals surface area (Å²) in [6, 6.07) is 5.31. The molecule has 0 radical (unpaired) electrons. The number of Topliss-reactive ketones (excluding diaryl/α,β-unsaturated/α-hetero) is 1. The minimum Gasteiger partial charge on any atom is -0.461 e. The molecule has 0 atom stereocenters. The molecular weight excluding hydrogens is 354 g/mol. The van der Waals surface area contributed by atoms with Gasteiger partial charge >= 0.3 is 0 Å². The Bertz CT molecular complexity index is 956. The first-order valence-electron chi connectivity index (χ1n) is 7.92. The number of aromatic nitrogens is 4. The van der Waals surface area contributed by atoms with Gasteiger partial charge in [0.15, 0.2) is 16.7 Å². The molecule has 0 spiro atoms. The first-order valence-corrected chi connectivity index (χ1v) is 8.91. The number of furan rings is 1. The maximum Gasteiger partial charge on any atom is 0.237 e. The summed E-state index contributed by atoms with van der Waals surface area (Å²) in [6.07, 6.45) is 1.51. The molecule has 0 bridgehead atoms. The van der Waals surface area contributed by atoms with Gasteiger partial charge in [0.05, 0.1) is 12.0 Å². The third kappa shape index (κ3) is 3.43. The van der Waals surface area contributed by atoms with Crippen molar-refractivity contribution in [1.29, 1.82) is 0 Å². The van der Waals surface area contributed by atoms with Gasteiger partial charge in [-0.3, -0.25) is 14.2 Å². The minimum absolute atomic E-state index is 0.00984. The number of ketones is 1. The lowest BCUT2D eigenvalue weighted by Gasteiger charge is -2.06. The van der Waals surface area contributed by atoms with Crippen LogP contribution in [0.15, 0.2) is 34.0 Å². The Balaban J connectivity index is 1.82. The van der Waals surface area contributed by atoms with Gasteiger partial charge in [0.2, 0.25) is 11.7 Å². The average molecular weight is 373 g/mol. The zero-order valence-corrected chi connectivity index (χ0v) is 15.5. The summed E-state index contributed by atoms with van der Waals surface area (Å²) in [4.78, 5) is 24.0. The highest BCUT2D eigenvalue weighted by molar-refractivity contribution is 7.99. The second kappa shape index (κ2) is 7.20. The molecule has 3 aromatic heterocycles. The Labute approximate surface area is 154 Å². The molecule has 136 valence electrons. The lowest BCUT2D eigenvalue weighted by atomic mass is 10.2. The number of nitrogens with two attached hydrogens (primary N) is 1. The Morgan fingerprint density at radius 3 is 2.65 bits per heavy atom. The predicted octanol–water partition coefficient (Wildman–Crippen LogP) is 1.95. The van der Waals surface area contributed by atoms with Gasteiger partial charge in [0.25, 0.3) is 0 Å². The van der Waals surface area contributed by atoms with Gasteiger partial charge in [-0.05, 0) is 32.0 Å². The number of thioether (sulfide) groups is 1. The van der Waals surface area contributed by atoms with E-state index in [1.54, 1.807) is 16.7 Å². The SMILES string of the molecule is Cc1cc(C(=O)CSc2nnc(-c3ccco3)n2CC(N)=O)c(C)n1C. The number of hydrogen-bond donors (Lipinski definition) is 1. The molecule has 0 unspecified atom stereocenters. The number of hydrogen-bond acceptors (Lipinski definition) is 6. The molecule has 0 fully saturated rings. The molecule has 26 heavy (non-hydrogen) atoms. The van der Waals surface area contributed by atoms with E-state index in [9.17, 15) is 9.59 Å². The van der Waals surface area contributed by atoms with Crippen molar-refractivity contribution in [2.75, 3.05) is 5.75 Å². The highest BCUT2D eigenvalue weighted by atomic mass is 32.2. The Hall–Kier alpha value is -2.81. The van der Waals surface area contributed by atoms with Crippen molar-refractivity contribution < 1.29 is 14.0 Å². The molecular formula is C17H19N5O3S. The summed E-state index contributed by atoms with van der Waals surface area (Å²) in [5.41, 5.74) is 7.96. The molecule has 3 aromatic rings. The number of nitrogens with zero attached hydrogens (tertiary/aromatic N) is 4. The highest BCUT2D eigenvalue weighted by Gasteiger charge is 2.20. The van der Waals surface area contributed by atoms with E-state index in [0.717, 1.165) is 11.4 Å². The standard InChI is InChI=1S/C17H19N5O3S/c1-10-7-12(11(2)21(10)3)13(23)9-26-17-20-19-16(14-5-4-6-25-14)22(17)8-15(18)24/h4-7H,8-9H2,1-3H3,(H2,18,24). The average Bonchev–Trinajstić information content (AvgIpc) is 3.30. The molecule has 8 nitrogen and oxygen atoms in total. The molecule has 0 aliphatic rings. The molecule has 3 heterocycles. The van der Waals surface area contributed by atoms with Crippen LogP contribution in [0.2, 0.25) is 0 Å². The lowest BCUT2D eigenvalue weighted by molar-refractivity contribution is -0.118. The summed E-state index contributed by atoms with van der Waals surface area (Å²) in [5.74, 6) is 0.519. The van der Waals surface area contributed by atoms with Crippen LogP contribution in [0.1, 0.15) is 21.7 Å². The van der Waals surface area contributed by atoms with Crippen LogP contribution in [-0.2, 0) is 18.4 Å². The zero-order chi connectivity index (χ0) is 18.8. The number of carbonyl (C=O) groups is 2. The summed E-state index contributed by atoms with van der Waals surface area (Å²) in [7, 11) is 1.92. The molecule has 1 amide bonds. The predicted molar refractivity (Wildman–Crippen MR) is 96.9 cm³/mol. The van der Waals surface area contributed by atoms with Crippen LogP contribution in [0, 0.1) is 13.8 Å². The molecule has 2 N–H and O–H groups in total. The molecule has 9 heteroatoms. The van der Waals surface area contributed by atoms with Crippen molar-refractivity contribution in [3.8, 4) is 11.6 Å². The number of amides is 1. The second-order valence-corrected chi connectivity index (χ2v) is 6.83. The van der Waals surface area contributed by atoms with Gasteiger partial charge in [-0.25, -0.2) is 0 Å². The van der Waals surface area contributed by atoms with Crippen LogP contribution in [0.4, 0.5) is 0 Å². The molecule has 0 saturated carbocycles. The Morgan fingerprint density at radius 2 is 2.08 bits per heavy atom. The van der Waals surface area contributed by atoms with Crippen molar-refractivity contribution in [2.45, 2.75) is 25.5 Å². The van der Waals surface area contributed by atoms with Gasteiger partial charge in [0.1, 0.15) is 6.54 Å². The maximum atomic E-state index is 12.6. The van der Waals surface area contributed by atoms with E-state index in [1.807, 2.05) is 31.5 Å². The summed E-state index contributed by atoms with van der Waals surface area (Å²) >= 11 is 1.22. The molecule has 0 aliphatic carbocycles. The highest BCUT2D eigenvalue weighted by Crippen LogP contribution is 2.25. The summed E-state index contributed by atoms with van der Waals surface area (Å²) in [6.45, 7) is 3.77. The smallest absolute Gasteiger partial charge is 0.237 e. The fourth-order valence-electron chi connectivity index (χ4n) is 2.63. The minimum atomic E-state index is -0.527. The van der Waals surface area contributed by atoms with Crippen LogP contribution in [0.25, 0.3) is 11.6 Å². The number of aryl methyl sites for hydroxylation is 1. The topological polar surface area (TPSA) is 109 Å². The van der Waals surface area contributed by atoms with E-state index in [2.05, 4.69) is 10.2 Å². The van der Waals surface area contributed by atoms with Crippen molar-refractivity contribution in [3.05, 3.63) is 41.4 Å². The normalized spacial score (nSPS) is 11.0. The maximum absolute atomic E-state index is 12.6. The van der Waals surface area contributed by atoms with E-state index in [1.165, 1.54) is 18.0 Å². The van der Waals surface area contributed by atoms with Crippen LogP contribution in [0.3, 0.4) is 0 Å². The van der Waals surface area contributed by atoms with Crippen molar-refractivity contribution >= 4 is 23.5 Å². The summed E-state index contributed by atoms with van der Waals surface area (Å²) in [5, 5.41) is 8.60. The number of primary amides is 1. The number of rotatable bonds is 7. The first kappa shape index (κ1) is 18.0. The molecule has 0 aliphatic heterocycles. The van der Waals surface area contributed by atoms with Gasteiger partial charge < -0.3 is 14.7 Å². The summed E-state index contributed by atoms with van der Waals surface area (Å²) < 4.78 is 8.86. The van der Waals surface area contributed by atoms with Crippen LogP contribution in [0.5, 0.6) is 0 Å². The van der Waals surface area contributed by atoms with Crippen molar-refractivity contribution in [1.82, 2.24) is 19.3 Å². The van der Waals surface area contributed by atoms with Crippen LogP contribution >= 0.6 is 11.8 Å². The first-order chi connectivity index (χ1) is 12.4. The van der Waals surface area contributed by atoms with Crippen molar-refractivity contribution in [3.63, 3.8) is 0 Å². The van der Waals surface area contributed by atoms with Crippen molar-refractivity contribution in [2.24, 2.45) is 12.8 Å². The zero-order valence-electron chi connectivity index (χ0n) is 14.7. The quantitative estimate of drug-likeness (QED) is 0.501. The van der Waals surface area contributed by atoms with E-state index in [0.29, 0.717) is 22.3 Å². The van der Waals surface area contributed by atoms with E-state index >= 15 is 0 Å². The fraction of sp³-hybridized carbons (Fsp3) is 0.294. The largest absolute Gasteiger partial charge is 0.461 e. The van der Waals surface area contributed by atoms with E-state index < -0.39 is 5.91 Å². The van der Waals surface area contributed by atoms with E-state index in [4.69, 9.17) is 10.2 Å². The van der Waals surface area contributed by atoms with Gasteiger partial charge in [-0.15, -0.1) is 10.2 Å². The number of carbonyl (C=O) groups excluding carboxylic acids is 2. The third-order valence-electron chi connectivity index (χ3n) is 4.18. The molecule has 0 aromatic carbocycles. The van der Waals surface area contributed by atoms with Crippen LogP contribution < -0.4 is 5.73 Å². The fourth-order valence-corrected chi connectivity index (χ4v) is 3.45. The third-order valence-corrected chi connectivity index (χ3v) is 5.15. The van der Waals surface area contributed by atoms with E-state index in [-0.39, 0.29) is 18.1 Å². The van der Waals surface area contributed by atoms with Gasteiger partial charge in [-0.2, -0.15) is 0 Å².